The number of aromatic nitrogens is 4. The van der Waals surface area contributed by atoms with E-state index in [0.717, 1.165) is 17.5 Å². The molecule has 9 nitrogen and oxygen atoms in total. The highest BCUT2D eigenvalue weighted by atomic mass is 19.1. The van der Waals surface area contributed by atoms with E-state index in [2.05, 4.69) is 20.4 Å². The van der Waals surface area contributed by atoms with E-state index in [-0.39, 0.29) is 28.5 Å². The highest BCUT2D eigenvalue weighted by molar-refractivity contribution is 5.84. The van der Waals surface area contributed by atoms with Crippen LogP contribution in [0.2, 0.25) is 0 Å². The lowest BCUT2D eigenvalue weighted by atomic mass is 10.1. The molecule has 2 aromatic heterocycles. The second kappa shape index (κ2) is 7.35. The van der Waals surface area contributed by atoms with E-state index < -0.39 is 22.2 Å². The third kappa shape index (κ3) is 3.36. The molecule has 30 heavy (non-hydrogen) atoms. The van der Waals surface area contributed by atoms with Crippen LogP contribution in [0.25, 0.3) is 22.2 Å². The van der Waals surface area contributed by atoms with E-state index in [0.29, 0.717) is 5.52 Å². The summed E-state index contributed by atoms with van der Waals surface area (Å²) in [6.45, 7) is 0. The second-order valence-electron chi connectivity index (χ2n) is 6.33. The second-order valence-corrected chi connectivity index (χ2v) is 6.33. The van der Waals surface area contributed by atoms with E-state index in [4.69, 9.17) is 4.74 Å². The average Bonchev–Trinajstić information content (AvgIpc) is 3.08. The summed E-state index contributed by atoms with van der Waals surface area (Å²) in [6, 6.07) is 6.35. The van der Waals surface area contributed by atoms with E-state index in [1.807, 2.05) is 0 Å². The number of halogens is 2. The smallest absolute Gasteiger partial charge is 0.307 e. The number of anilines is 2. The Kier molecular flexibility index (Phi) is 4.70. The van der Waals surface area contributed by atoms with Crippen molar-refractivity contribution in [3.63, 3.8) is 0 Å². The molecule has 0 unspecified atom stereocenters. The molecule has 0 radical (unpaired) electrons. The maximum atomic E-state index is 14.7. The zero-order chi connectivity index (χ0) is 21.4. The van der Waals surface area contributed by atoms with Crippen molar-refractivity contribution in [2.75, 3.05) is 12.4 Å². The van der Waals surface area contributed by atoms with Gasteiger partial charge in [-0.1, -0.05) is 0 Å². The molecule has 2 heterocycles. The minimum Gasteiger partial charge on any atom is -0.494 e. The van der Waals surface area contributed by atoms with Gasteiger partial charge < -0.3 is 10.1 Å². The Morgan fingerprint density at radius 3 is 2.67 bits per heavy atom. The number of nitro benzene ring substituents is 1. The first-order valence-electron chi connectivity index (χ1n) is 8.60. The lowest BCUT2D eigenvalue weighted by molar-refractivity contribution is -0.387. The predicted molar refractivity (Wildman–Crippen MR) is 105 cm³/mol. The van der Waals surface area contributed by atoms with Gasteiger partial charge in [-0.2, -0.15) is 9.49 Å². The van der Waals surface area contributed by atoms with Crippen LogP contribution in [0.3, 0.4) is 0 Å². The number of methoxy groups -OCH3 is 1. The van der Waals surface area contributed by atoms with Crippen LogP contribution in [0.1, 0.15) is 0 Å². The maximum absolute atomic E-state index is 14.7. The molecule has 0 fully saturated rings. The summed E-state index contributed by atoms with van der Waals surface area (Å²) in [5.74, 6) is -1.27. The van der Waals surface area contributed by atoms with Crippen LogP contribution in [-0.2, 0) is 7.05 Å². The quantitative estimate of drug-likeness (QED) is 0.390. The molecular weight excluding hydrogens is 398 g/mol. The van der Waals surface area contributed by atoms with Crippen LogP contribution < -0.4 is 10.1 Å². The van der Waals surface area contributed by atoms with Crippen LogP contribution in [0.5, 0.6) is 5.75 Å². The molecule has 2 aromatic carbocycles. The van der Waals surface area contributed by atoms with E-state index >= 15 is 0 Å². The minimum absolute atomic E-state index is 0.0428. The van der Waals surface area contributed by atoms with Crippen LogP contribution >= 0.6 is 0 Å². The Morgan fingerprint density at radius 1 is 1.13 bits per heavy atom. The Morgan fingerprint density at radius 2 is 1.93 bits per heavy atom. The number of nitro groups is 1. The van der Waals surface area contributed by atoms with Gasteiger partial charge in [0.15, 0.2) is 0 Å². The summed E-state index contributed by atoms with van der Waals surface area (Å²) in [6.07, 6.45) is 2.83. The zero-order valence-electron chi connectivity index (χ0n) is 15.8. The molecular formula is C19H14F2N6O3. The standard InChI is InChI=1S/C19H14F2N6O3/c1-26-16-4-12(20)11(3-10(16)8-24-26)14-7-19(23-9-22-14)25-15-6-17(27(28)29)13(21)5-18(15)30-2/h3-9H,1-2H3,(H,22,23,25). The monoisotopic (exact) mass is 412 g/mol. The summed E-state index contributed by atoms with van der Waals surface area (Å²) in [5, 5.41) is 18.7. The van der Waals surface area contributed by atoms with Crippen LogP contribution in [0.4, 0.5) is 26.0 Å². The molecule has 1 N–H and O–H groups in total. The van der Waals surface area contributed by atoms with Crippen molar-refractivity contribution < 1.29 is 18.4 Å². The Labute approximate surface area is 168 Å². The van der Waals surface area contributed by atoms with Crippen LogP contribution in [0.15, 0.2) is 42.9 Å². The molecule has 0 amide bonds. The minimum atomic E-state index is -1.03. The lowest BCUT2D eigenvalue weighted by Crippen LogP contribution is -2.01. The van der Waals surface area contributed by atoms with Gasteiger partial charge in [-0.3, -0.25) is 14.8 Å². The number of ether oxygens (including phenoxy) is 1. The van der Waals surface area contributed by atoms with E-state index in [1.54, 1.807) is 24.0 Å². The number of nitrogens with one attached hydrogen (secondary N) is 1. The highest BCUT2D eigenvalue weighted by Crippen LogP contribution is 2.34. The number of rotatable bonds is 5. The molecule has 11 heteroatoms. The lowest BCUT2D eigenvalue weighted by Gasteiger charge is -2.12. The number of hydrogen-bond acceptors (Lipinski definition) is 7. The SMILES string of the molecule is COc1cc(F)c([N+](=O)[O-])cc1Nc1cc(-c2cc3cnn(C)c3cc2F)ncn1. The Balaban J connectivity index is 1.74. The summed E-state index contributed by atoms with van der Waals surface area (Å²) < 4.78 is 35.1. The molecule has 0 saturated heterocycles. The van der Waals surface area contributed by atoms with Crippen molar-refractivity contribution in [3.05, 3.63) is 64.6 Å². The number of benzene rings is 2. The van der Waals surface area contributed by atoms with Crippen LogP contribution in [-0.4, -0.2) is 31.8 Å². The number of hydrogen-bond donors (Lipinski definition) is 1. The van der Waals surface area contributed by atoms with Crippen LogP contribution in [0, 0.1) is 21.7 Å². The fourth-order valence-electron chi connectivity index (χ4n) is 3.03. The van der Waals surface area contributed by atoms with Gasteiger partial charge in [0.05, 0.1) is 35.1 Å². The van der Waals surface area contributed by atoms with Gasteiger partial charge in [-0.25, -0.2) is 14.4 Å². The normalized spacial score (nSPS) is 10.9. The topological polar surface area (TPSA) is 108 Å². The summed E-state index contributed by atoms with van der Waals surface area (Å²) >= 11 is 0. The highest BCUT2D eigenvalue weighted by Gasteiger charge is 2.20. The summed E-state index contributed by atoms with van der Waals surface area (Å²) in [4.78, 5) is 18.3. The molecule has 4 rings (SSSR count). The van der Waals surface area contributed by atoms with Crippen molar-refractivity contribution in [3.8, 4) is 17.0 Å². The van der Waals surface area contributed by atoms with Gasteiger partial charge in [-0.15, -0.1) is 0 Å². The molecule has 152 valence electrons. The largest absolute Gasteiger partial charge is 0.494 e. The first kappa shape index (κ1) is 19.2. The van der Waals surface area contributed by atoms with Crippen molar-refractivity contribution in [1.29, 1.82) is 0 Å². The summed E-state index contributed by atoms with van der Waals surface area (Å²) in [5.41, 5.74) is 0.551. The fourth-order valence-corrected chi connectivity index (χ4v) is 3.03. The molecule has 0 aliphatic rings. The van der Waals surface area contributed by atoms with E-state index in [1.165, 1.54) is 25.6 Å². The van der Waals surface area contributed by atoms with E-state index in [9.17, 15) is 18.9 Å². The Bertz CT molecular complexity index is 1290. The molecule has 0 atom stereocenters. The molecule has 0 spiro atoms. The van der Waals surface area contributed by atoms with Crippen molar-refractivity contribution in [2.24, 2.45) is 7.05 Å². The first-order chi connectivity index (χ1) is 14.4. The first-order valence-corrected chi connectivity index (χ1v) is 8.60. The fraction of sp³-hybridized carbons (Fsp3) is 0.105. The third-order valence-electron chi connectivity index (χ3n) is 4.51. The number of nitrogens with zero attached hydrogens (tertiary/aromatic N) is 5. The molecule has 0 saturated carbocycles. The maximum Gasteiger partial charge on any atom is 0.307 e. The van der Waals surface area contributed by atoms with Gasteiger partial charge in [0.2, 0.25) is 5.82 Å². The number of fused-ring (bicyclic) bond motifs is 1. The Hall–Kier alpha value is -4.15. The van der Waals surface area contributed by atoms with Gasteiger partial charge in [-0.05, 0) is 6.07 Å². The van der Waals surface area contributed by atoms with Gasteiger partial charge >= 0.3 is 5.69 Å². The van der Waals surface area contributed by atoms with Crippen molar-refractivity contribution in [1.82, 2.24) is 19.7 Å². The van der Waals surface area contributed by atoms with Crippen molar-refractivity contribution >= 4 is 28.1 Å². The predicted octanol–water partition coefficient (Wildman–Crippen LogP) is 3.97. The van der Waals surface area contributed by atoms with Gasteiger partial charge in [0, 0.05) is 42.3 Å². The average molecular weight is 412 g/mol. The van der Waals surface area contributed by atoms with Crippen molar-refractivity contribution in [2.45, 2.75) is 0 Å². The molecule has 4 aromatic rings. The molecule has 0 aliphatic heterocycles. The molecule has 0 bridgehead atoms. The number of aryl methyl sites for hydroxylation is 1. The van der Waals surface area contributed by atoms with Gasteiger partial charge in [0.1, 0.15) is 23.7 Å². The molecule has 0 aliphatic carbocycles. The summed E-state index contributed by atoms with van der Waals surface area (Å²) in [7, 11) is 3.01. The zero-order valence-corrected chi connectivity index (χ0v) is 15.8. The third-order valence-corrected chi connectivity index (χ3v) is 4.51. The van der Waals surface area contributed by atoms with Gasteiger partial charge in [0.25, 0.3) is 0 Å².